The van der Waals surface area contributed by atoms with Crippen LogP contribution in [-0.4, -0.2) is 76.9 Å². The van der Waals surface area contributed by atoms with E-state index in [-0.39, 0.29) is 40.9 Å². The van der Waals surface area contributed by atoms with Gasteiger partial charge in [-0.2, -0.15) is 4.79 Å². The van der Waals surface area contributed by atoms with Gasteiger partial charge in [-0.05, 0) is 45.4 Å². The molecule has 2 unspecified atom stereocenters. The van der Waals surface area contributed by atoms with Crippen molar-refractivity contribution < 1.29 is 27.9 Å². The van der Waals surface area contributed by atoms with Gasteiger partial charge in [0.25, 0.3) is 0 Å². The van der Waals surface area contributed by atoms with Crippen molar-refractivity contribution in [2.45, 2.75) is 51.8 Å². The normalized spacial score (nSPS) is 18.2. The average Bonchev–Trinajstić information content (AvgIpc) is 3.26. The predicted octanol–water partition coefficient (Wildman–Crippen LogP) is 3.93. The molecule has 0 bridgehead atoms. The molecule has 1 aromatic carbocycles. The van der Waals surface area contributed by atoms with E-state index >= 15 is 0 Å². The minimum atomic E-state index is -0.550. The van der Waals surface area contributed by atoms with Gasteiger partial charge in [-0.3, -0.25) is 9.69 Å². The topological polar surface area (TPSA) is 73.7 Å². The Morgan fingerprint density at radius 2 is 1.79 bits per heavy atom. The van der Waals surface area contributed by atoms with Crippen LogP contribution in [0, 0.1) is 5.82 Å². The molecule has 0 saturated carbocycles. The molecule has 1 aliphatic rings. The predicted molar refractivity (Wildman–Crippen MR) is 126 cm³/mol. The second-order valence-corrected chi connectivity index (χ2v) is 10.1. The molecule has 2 heterocycles. The van der Waals surface area contributed by atoms with E-state index in [0.29, 0.717) is 26.2 Å². The fourth-order valence-electron chi connectivity index (χ4n) is 4.25. The number of quaternary nitrogens is 1. The van der Waals surface area contributed by atoms with Gasteiger partial charge in [0.2, 0.25) is 0 Å². The minimum Gasteiger partial charge on any atom is -0.469 e. The molecule has 34 heavy (non-hydrogen) atoms. The second kappa shape index (κ2) is 10.2. The second-order valence-electron chi connectivity index (χ2n) is 10.1. The van der Waals surface area contributed by atoms with Crippen LogP contribution in [0.3, 0.4) is 0 Å². The van der Waals surface area contributed by atoms with E-state index in [1.54, 1.807) is 24.7 Å². The number of carbonyl (C=O) groups excluding carboxylic acids is 2. The summed E-state index contributed by atoms with van der Waals surface area (Å²) < 4.78 is 26.2. The Morgan fingerprint density at radius 3 is 2.35 bits per heavy atom. The van der Waals surface area contributed by atoms with Crippen LogP contribution in [0.25, 0.3) is 0 Å². The molecule has 1 fully saturated rings. The number of carbonyl (C=O) groups is 2. The zero-order chi connectivity index (χ0) is 25.1. The molecule has 2 aromatic rings. The summed E-state index contributed by atoms with van der Waals surface area (Å²) in [4.78, 5) is 31.7. The van der Waals surface area contributed by atoms with Gasteiger partial charge in [-0.25, -0.2) is 13.9 Å². The number of amides is 1. The van der Waals surface area contributed by atoms with Gasteiger partial charge in [0.05, 0.1) is 44.7 Å². The number of hydrogen-bond donors (Lipinski definition) is 0. The highest BCUT2D eigenvalue weighted by Gasteiger charge is 2.42. The maximum atomic E-state index is 13.4. The first-order valence-corrected chi connectivity index (χ1v) is 11.6. The summed E-state index contributed by atoms with van der Waals surface area (Å²) in [6, 6.07) is 6.01. The van der Waals surface area contributed by atoms with E-state index in [2.05, 4.69) is 9.88 Å². The summed E-state index contributed by atoms with van der Waals surface area (Å²) in [5.41, 5.74) is 1.26. The highest BCUT2D eigenvalue weighted by molar-refractivity contribution is 5.70. The Bertz CT molecular complexity index is 991. The maximum absolute atomic E-state index is 13.4. The van der Waals surface area contributed by atoms with E-state index in [9.17, 15) is 14.0 Å². The Hall–Kier alpha value is -2.78. The summed E-state index contributed by atoms with van der Waals surface area (Å²) in [5, 5.41) is 0. The van der Waals surface area contributed by atoms with Crippen molar-refractivity contribution in [1.29, 1.82) is 0 Å². The maximum Gasteiger partial charge on any atom is 0.516 e. The van der Waals surface area contributed by atoms with E-state index in [4.69, 9.17) is 9.47 Å². The average molecular weight is 476 g/mol. The van der Waals surface area contributed by atoms with Gasteiger partial charge >= 0.3 is 12.1 Å². The molecule has 3 rings (SSSR count). The van der Waals surface area contributed by atoms with Gasteiger partial charge in [0.15, 0.2) is 0 Å². The molecule has 0 radical (unpaired) electrons. The fraction of sp³-hybridized carbons (Fsp3) is 0.560. The van der Waals surface area contributed by atoms with Crippen LogP contribution in [0.1, 0.15) is 57.5 Å². The molecule has 1 saturated heterocycles. The number of hydrogen-bond acceptors (Lipinski definition) is 6. The Kier molecular flexibility index (Phi) is 7.77. The van der Waals surface area contributed by atoms with Crippen molar-refractivity contribution in [2.24, 2.45) is 0 Å². The lowest BCUT2D eigenvalue weighted by Crippen LogP contribution is -2.61. The summed E-state index contributed by atoms with van der Waals surface area (Å²) in [6.45, 7) is 9.94. The minimum absolute atomic E-state index is 0.106. The summed E-state index contributed by atoms with van der Waals surface area (Å²) in [6.07, 6.45) is 3.42. The standard InChI is InChI=1S/C25H36FN4O4/c1-18(19-7-9-20(26)10-8-19)29-17-27-16-22(29)21(15-23(31)33-6)28-11-13-30(5,14-12-28)24(32)34-25(2,3)4/h7-10,16-18,21H,11-15H2,1-6H3/q+1. The summed E-state index contributed by atoms with van der Waals surface area (Å²) in [7, 11) is 3.27. The number of piperazine rings is 1. The van der Waals surface area contributed by atoms with Gasteiger partial charge in [0, 0.05) is 19.3 Å². The van der Waals surface area contributed by atoms with Gasteiger partial charge < -0.3 is 14.0 Å². The van der Waals surface area contributed by atoms with Crippen molar-refractivity contribution >= 4 is 12.1 Å². The summed E-state index contributed by atoms with van der Waals surface area (Å²) in [5.74, 6) is -0.605. The first-order chi connectivity index (χ1) is 15.9. The number of benzene rings is 1. The van der Waals surface area contributed by atoms with E-state index in [0.717, 1.165) is 11.3 Å². The highest BCUT2D eigenvalue weighted by atomic mass is 19.1. The molecular weight excluding hydrogens is 439 g/mol. The number of esters is 1. The van der Waals surface area contributed by atoms with Crippen LogP contribution in [0.15, 0.2) is 36.8 Å². The van der Waals surface area contributed by atoms with E-state index in [1.165, 1.54) is 19.2 Å². The number of rotatable bonds is 6. The van der Waals surface area contributed by atoms with Crippen molar-refractivity contribution in [1.82, 2.24) is 14.5 Å². The number of halogens is 1. The lowest BCUT2D eigenvalue weighted by Gasteiger charge is -2.42. The van der Waals surface area contributed by atoms with Crippen molar-refractivity contribution in [3.63, 3.8) is 0 Å². The van der Waals surface area contributed by atoms with Crippen molar-refractivity contribution in [3.05, 3.63) is 53.9 Å². The Morgan fingerprint density at radius 1 is 1.18 bits per heavy atom. The van der Waals surface area contributed by atoms with E-state index < -0.39 is 5.60 Å². The Labute approximate surface area is 200 Å². The van der Waals surface area contributed by atoms with Crippen LogP contribution < -0.4 is 0 Å². The SMILES string of the molecule is COC(=O)CC(c1cncn1C(C)c1ccc(F)cc1)N1CC[N+](C)(C(=O)OC(C)(C)C)CC1. The molecule has 1 aromatic heterocycles. The molecule has 1 aliphatic heterocycles. The first-order valence-electron chi connectivity index (χ1n) is 11.6. The fourth-order valence-corrected chi connectivity index (χ4v) is 4.25. The molecule has 0 N–H and O–H groups in total. The third-order valence-corrected chi connectivity index (χ3v) is 6.43. The first kappa shape index (κ1) is 25.8. The molecule has 8 nitrogen and oxygen atoms in total. The van der Waals surface area contributed by atoms with Crippen molar-refractivity contribution in [2.75, 3.05) is 40.3 Å². The third-order valence-electron chi connectivity index (χ3n) is 6.43. The lowest BCUT2D eigenvalue weighted by molar-refractivity contribution is -0.844. The third kappa shape index (κ3) is 6.01. The van der Waals surface area contributed by atoms with E-state index in [1.807, 2.05) is 39.3 Å². The van der Waals surface area contributed by atoms with Gasteiger partial charge in [0.1, 0.15) is 24.5 Å². The van der Waals surface area contributed by atoms with Gasteiger partial charge in [-0.15, -0.1) is 0 Å². The molecule has 0 aliphatic carbocycles. The highest BCUT2D eigenvalue weighted by Crippen LogP contribution is 2.31. The van der Waals surface area contributed by atoms with Crippen LogP contribution in [0.5, 0.6) is 0 Å². The smallest absolute Gasteiger partial charge is 0.469 e. The largest absolute Gasteiger partial charge is 0.516 e. The van der Waals surface area contributed by atoms with Crippen LogP contribution >= 0.6 is 0 Å². The van der Waals surface area contributed by atoms with Crippen molar-refractivity contribution in [3.8, 4) is 0 Å². The number of imidazole rings is 1. The zero-order valence-electron chi connectivity index (χ0n) is 21.0. The molecule has 9 heteroatoms. The quantitative estimate of drug-likeness (QED) is 0.466. The Balaban J connectivity index is 1.83. The number of methoxy groups -OCH3 is 1. The molecule has 2 atom stereocenters. The van der Waals surface area contributed by atoms with Crippen LogP contribution in [-0.2, 0) is 14.3 Å². The number of aromatic nitrogens is 2. The van der Waals surface area contributed by atoms with Gasteiger partial charge in [-0.1, -0.05) is 12.1 Å². The molecular formula is C25H36FN4O4+. The number of nitrogens with zero attached hydrogens (tertiary/aromatic N) is 4. The monoisotopic (exact) mass is 475 g/mol. The van der Waals surface area contributed by atoms with Crippen LogP contribution in [0.4, 0.5) is 9.18 Å². The summed E-state index contributed by atoms with van der Waals surface area (Å²) >= 11 is 0. The zero-order valence-corrected chi connectivity index (χ0v) is 21.0. The number of ether oxygens (including phenoxy) is 2. The van der Waals surface area contributed by atoms with Crippen LogP contribution in [0.2, 0.25) is 0 Å². The lowest BCUT2D eigenvalue weighted by atomic mass is 10.0. The molecule has 0 spiro atoms. The molecule has 186 valence electrons. The molecule has 1 amide bonds. The number of likely N-dealkylation sites (N-methyl/N-ethyl adjacent to an activating group) is 1.